The van der Waals surface area contributed by atoms with E-state index < -0.39 is 45.2 Å². The summed E-state index contributed by atoms with van der Waals surface area (Å²) in [5, 5.41) is 2.24. The molecule has 0 aliphatic rings. The Balaban J connectivity index is 2.92. The van der Waals surface area contributed by atoms with Crippen LogP contribution in [0.1, 0.15) is 26.3 Å². The second-order valence-electron chi connectivity index (χ2n) is 6.03. The van der Waals surface area contributed by atoms with E-state index >= 15 is 0 Å². The van der Waals surface area contributed by atoms with E-state index in [-0.39, 0.29) is 12.0 Å². The maximum atomic E-state index is 13.6. The smallest absolute Gasteiger partial charge is 0.407 e. The van der Waals surface area contributed by atoms with Gasteiger partial charge in [0.2, 0.25) is 0 Å². The summed E-state index contributed by atoms with van der Waals surface area (Å²) in [4.78, 5) is 11.7. The maximum Gasteiger partial charge on any atom is 0.407 e. The van der Waals surface area contributed by atoms with Crippen LogP contribution in [0.15, 0.2) is 18.2 Å². The van der Waals surface area contributed by atoms with Crippen LogP contribution in [0.25, 0.3) is 0 Å². The van der Waals surface area contributed by atoms with E-state index in [0.29, 0.717) is 0 Å². The molecule has 0 saturated carbocycles. The molecule has 1 aromatic carbocycles. The number of halogens is 2. The normalized spacial score (nSPS) is 13.5. The fourth-order valence-electron chi connectivity index (χ4n) is 1.85. The lowest BCUT2D eigenvalue weighted by molar-refractivity contribution is 0.0509. The van der Waals surface area contributed by atoms with Crippen LogP contribution in [0.2, 0.25) is 0 Å². The third-order valence-electron chi connectivity index (χ3n) is 2.61. The lowest BCUT2D eigenvalue weighted by Crippen LogP contribution is -2.43. The van der Waals surface area contributed by atoms with Gasteiger partial charge in [-0.25, -0.2) is 13.6 Å². The van der Waals surface area contributed by atoms with Crippen molar-refractivity contribution in [3.05, 3.63) is 35.4 Å². The molecule has 1 atom stereocenters. The molecular weight excluding hydrogens is 332 g/mol. The summed E-state index contributed by atoms with van der Waals surface area (Å²) < 4.78 is 62.8. The van der Waals surface area contributed by atoms with Gasteiger partial charge in [0.15, 0.2) is 0 Å². The minimum absolute atomic E-state index is 0.130. The molecule has 0 heterocycles. The third kappa shape index (κ3) is 7.89. The lowest BCUT2D eigenvalue weighted by Gasteiger charge is -2.23. The van der Waals surface area contributed by atoms with E-state index in [4.69, 9.17) is 9.29 Å². The van der Waals surface area contributed by atoms with Crippen molar-refractivity contribution in [2.45, 2.75) is 38.8 Å². The number of hydrogen-bond acceptors (Lipinski definition) is 4. The quantitative estimate of drug-likeness (QED) is 0.794. The van der Waals surface area contributed by atoms with Crippen molar-refractivity contribution in [2.24, 2.45) is 0 Å². The summed E-state index contributed by atoms with van der Waals surface area (Å²) in [7, 11) is -4.44. The van der Waals surface area contributed by atoms with E-state index in [0.717, 1.165) is 18.2 Å². The largest absolute Gasteiger partial charge is 0.444 e. The molecule has 0 saturated heterocycles. The van der Waals surface area contributed by atoms with E-state index in [1.54, 1.807) is 20.8 Å². The average Bonchev–Trinajstić information content (AvgIpc) is 2.29. The topological polar surface area (TPSA) is 92.7 Å². The van der Waals surface area contributed by atoms with Gasteiger partial charge in [-0.1, -0.05) is 0 Å². The lowest BCUT2D eigenvalue weighted by atomic mass is 10.1. The molecule has 0 aromatic heterocycles. The van der Waals surface area contributed by atoms with Gasteiger partial charge >= 0.3 is 6.09 Å². The van der Waals surface area contributed by atoms with E-state index in [9.17, 15) is 22.0 Å². The monoisotopic (exact) mass is 351 g/mol. The Bertz CT molecular complexity index is 670. The molecule has 1 unspecified atom stereocenters. The minimum Gasteiger partial charge on any atom is -0.444 e. The molecule has 1 aromatic rings. The standard InChI is InChI=1S/C14H19F2NO5S/c1-14(2,3)22-13(18)17-11(8-23(19,20)21)7-9-6-10(15)4-5-12(9)16/h4-6,11H,7-8H2,1-3H3,(H,17,18)(H,19,20,21). The van der Waals surface area contributed by atoms with Crippen molar-refractivity contribution >= 4 is 16.2 Å². The summed E-state index contributed by atoms with van der Waals surface area (Å²) in [5.74, 6) is -2.32. The summed E-state index contributed by atoms with van der Waals surface area (Å²) in [6.07, 6.45) is -1.26. The van der Waals surface area contributed by atoms with E-state index in [1.807, 2.05) is 0 Å². The third-order valence-corrected chi connectivity index (χ3v) is 3.43. The van der Waals surface area contributed by atoms with Gasteiger partial charge in [-0.05, 0) is 51.0 Å². The van der Waals surface area contributed by atoms with E-state index in [2.05, 4.69) is 5.32 Å². The van der Waals surface area contributed by atoms with Crippen LogP contribution in [-0.2, 0) is 21.3 Å². The van der Waals surface area contributed by atoms with Crippen molar-refractivity contribution in [1.29, 1.82) is 0 Å². The van der Waals surface area contributed by atoms with Crippen molar-refractivity contribution < 1.29 is 31.3 Å². The predicted molar refractivity (Wildman–Crippen MR) is 79.6 cm³/mol. The number of ether oxygens (including phenoxy) is 1. The Morgan fingerprint density at radius 1 is 1.35 bits per heavy atom. The van der Waals surface area contributed by atoms with Gasteiger partial charge in [0, 0.05) is 0 Å². The van der Waals surface area contributed by atoms with Crippen LogP contribution in [0.5, 0.6) is 0 Å². The number of benzene rings is 1. The van der Waals surface area contributed by atoms with Crippen molar-refractivity contribution in [2.75, 3.05) is 5.75 Å². The van der Waals surface area contributed by atoms with Crippen LogP contribution in [0.3, 0.4) is 0 Å². The molecule has 1 rings (SSSR count). The molecule has 0 spiro atoms. The second kappa shape index (κ2) is 7.22. The zero-order valence-corrected chi connectivity index (χ0v) is 13.8. The number of hydrogen-bond donors (Lipinski definition) is 2. The molecule has 130 valence electrons. The summed E-state index contributed by atoms with van der Waals surface area (Å²) >= 11 is 0. The number of rotatable bonds is 5. The molecular formula is C14H19F2NO5S. The predicted octanol–water partition coefficient (Wildman–Crippen LogP) is 2.29. The number of nitrogens with one attached hydrogen (secondary N) is 1. The first-order valence-electron chi connectivity index (χ1n) is 6.74. The Kier molecular flexibility index (Phi) is 6.06. The molecule has 0 bridgehead atoms. The first-order valence-corrected chi connectivity index (χ1v) is 8.35. The molecule has 1 amide bonds. The van der Waals surface area contributed by atoms with Gasteiger partial charge in [0.05, 0.1) is 11.8 Å². The Morgan fingerprint density at radius 3 is 2.48 bits per heavy atom. The fraction of sp³-hybridized carbons (Fsp3) is 0.500. The van der Waals surface area contributed by atoms with Crippen molar-refractivity contribution in [3.63, 3.8) is 0 Å². The first-order chi connectivity index (χ1) is 10.4. The highest BCUT2D eigenvalue weighted by atomic mass is 32.2. The summed E-state index contributed by atoms with van der Waals surface area (Å²) in [5.41, 5.74) is -0.952. The summed E-state index contributed by atoms with van der Waals surface area (Å²) in [6, 6.07) is 1.51. The molecule has 23 heavy (non-hydrogen) atoms. The van der Waals surface area contributed by atoms with Crippen LogP contribution >= 0.6 is 0 Å². The van der Waals surface area contributed by atoms with Gasteiger partial charge in [-0.3, -0.25) is 4.55 Å². The van der Waals surface area contributed by atoms with Crippen molar-refractivity contribution in [1.82, 2.24) is 5.32 Å². The van der Waals surface area contributed by atoms with Crippen molar-refractivity contribution in [3.8, 4) is 0 Å². The van der Waals surface area contributed by atoms with Gasteiger partial charge in [0.25, 0.3) is 10.1 Å². The van der Waals surface area contributed by atoms with Crippen LogP contribution in [0, 0.1) is 11.6 Å². The molecule has 6 nitrogen and oxygen atoms in total. The SMILES string of the molecule is CC(C)(C)OC(=O)NC(Cc1cc(F)ccc1F)CS(=O)(=O)O. The van der Waals surface area contributed by atoms with Gasteiger partial charge in [0.1, 0.15) is 17.2 Å². The molecule has 0 radical (unpaired) electrons. The molecule has 0 aliphatic carbocycles. The van der Waals surface area contributed by atoms with Crippen LogP contribution < -0.4 is 5.32 Å². The molecule has 0 fully saturated rings. The highest BCUT2D eigenvalue weighted by molar-refractivity contribution is 7.85. The number of carbonyl (C=O) groups excluding carboxylic acids is 1. The molecule has 9 heteroatoms. The van der Waals surface area contributed by atoms with Gasteiger partial charge in [-0.15, -0.1) is 0 Å². The van der Waals surface area contributed by atoms with Crippen LogP contribution in [-0.4, -0.2) is 36.5 Å². The first kappa shape index (κ1) is 19.3. The number of amides is 1. The zero-order valence-electron chi connectivity index (χ0n) is 13.0. The Morgan fingerprint density at radius 2 is 1.96 bits per heavy atom. The van der Waals surface area contributed by atoms with Crippen LogP contribution in [0.4, 0.5) is 13.6 Å². The Hall–Kier alpha value is -1.74. The number of alkyl carbamates (subject to hydrolysis) is 1. The maximum absolute atomic E-state index is 13.6. The number of carbonyl (C=O) groups is 1. The highest BCUT2D eigenvalue weighted by Crippen LogP contribution is 2.14. The summed E-state index contributed by atoms with van der Waals surface area (Å²) in [6.45, 7) is 4.82. The zero-order chi connectivity index (χ0) is 17.8. The molecule has 0 aliphatic heterocycles. The fourth-order valence-corrected chi connectivity index (χ4v) is 2.55. The second-order valence-corrected chi connectivity index (χ2v) is 7.53. The minimum atomic E-state index is -4.44. The molecule has 2 N–H and O–H groups in total. The van der Waals surface area contributed by atoms with Gasteiger partial charge < -0.3 is 10.1 Å². The van der Waals surface area contributed by atoms with Gasteiger partial charge in [-0.2, -0.15) is 8.42 Å². The Labute approximate surface area is 133 Å². The van der Waals surface area contributed by atoms with E-state index in [1.165, 1.54) is 0 Å². The average molecular weight is 351 g/mol. The highest BCUT2D eigenvalue weighted by Gasteiger charge is 2.24.